The predicted octanol–water partition coefficient (Wildman–Crippen LogP) is 1.34. The zero-order valence-electron chi connectivity index (χ0n) is 15.2. The Morgan fingerprint density at radius 2 is 2.12 bits per heavy atom. The highest BCUT2D eigenvalue weighted by atomic mass is 16.2. The van der Waals surface area contributed by atoms with Gasteiger partial charge < -0.3 is 14.5 Å². The lowest BCUT2D eigenvalue weighted by Gasteiger charge is -2.32. The van der Waals surface area contributed by atoms with Crippen molar-refractivity contribution in [2.24, 2.45) is 0 Å². The molecule has 0 aromatic carbocycles. The minimum atomic E-state index is -0.158. The summed E-state index contributed by atoms with van der Waals surface area (Å²) in [6.07, 6.45) is 2.09. The molecule has 7 nitrogen and oxygen atoms in total. The molecule has 2 aromatic rings. The Labute approximate surface area is 151 Å². The van der Waals surface area contributed by atoms with Gasteiger partial charge in [-0.2, -0.15) is 0 Å². The second kappa shape index (κ2) is 7.68. The quantitative estimate of drug-likeness (QED) is 0.895. The van der Waals surface area contributed by atoms with E-state index in [1.54, 1.807) is 17.6 Å². The first-order valence-electron chi connectivity index (χ1n) is 8.96. The fraction of sp³-hybridized carbons (Fsp3) is 0.474. The number of carbonyl (C=O) groups excluding carboxylic acids is 1. The Hall–Kier alpha value is -2.70. The van der Waals surface area contributed by atoms with E-state index in [1.807, 2.05) is 17.9 Å². The molecule has 1 amide bonds. The molecule has 26 heavy (non-hydrogen) atoms. The van der Waals surface area contributed by atoms with Crippen LogP contribution in [-0.4, -0.2) is 38.4 Å². The number of rotatable bonds is 4. The summed E-state index contributed by atoms with van der Waals surface area (Å²) in [6, 6.07) is 6.62. The first-order chi connectivity index (χ1) is 12.4. The molecule has 1 N–H and O–H groups in total. The smallest absolute Gasteiger partial charge is 0.251 e. The highest BCUT2D eigenvalue weighted by molar-refractivity contribution is 5.76. The lowest BCUT2D eigenvalue weighted by molar-refractivity contribution is -0.132. The minimum absolute atomic E-state index is 0.0337. The molecule has 0 saturated carbocycles. The van der Waals surface area contributed by atoms with Crippen molar-refractivity contribution < 1.29 is 4.79 Å². The number of H-pyrrole nitrogens is 1. The Bertz CT molecular complexity index is 915. The topological polar surface area (TPSA) is 88.1 Å². The normalized spacial score (nSPS) is 17.3. The van der Waals surface area contributed by atoms with E-state index in [4.69, 9.17) is 0 Å². The summed E-state index contributed by atoms with van der Waals surface area (Å²) >= 11 is 0. The van der Waals surface area contributed by atoms with Gasteiger partial charge in [0.15, 0.2) is 0 Å². The number of pyridine rings is 1. The number of piperidine rings is 1. The van der Waals surface area contributed by atoms with Crippen molar-refractivity contribution in [1.29, 1.82) is 0 Å². The van der Waals surface area contributed by atoms with Crippen LogP contribution in [0, 0.1) is 13.8 Å². The van der Waals surface area contributed by atoms with Crippen LogP contribution in [0.2, 0.25) is 0 Å². The molecular formula is C19H24N4O3. The highest BCUT2D eigenvalue weighted by Gasteiger charge is 2.26. The molecule has 7 heteroatoms. The van der Waals surface area contributed by atoms with E-state index < -0.39 is 0 Å². The van der Waals surface area contributed by atoms with Gasteiger partial charge in [0.1, 0.15) is 5.82 Å². The van der Waals surface area contributed by atoms with Crippen molar-refractivity contribution in [3.8, 4) is 0 Å². The van der Waals surface area contributed by atoms with E-state index in [9.17, 15) is 14.4 Å². The van der Waals surface area contributed by atoms with Gasteiger partial charge in [0, 0.05) is 49.8 Å². The second-order valence-electron chi connectivity index (χ2n) is 6.84. The van der Waals surface area contributed by atoms with Gasteiger partial charge in [-0.3, -0.25) is 14.4 Å². The summed E-state index contributed by atoms with van der Waals surface area (Å²) in [7, 11) is 0. The largest absolute Gasteiger partial charge is 0.342 e. The molecule has 3 rings (SSSR count). The summed E-state index contributed by atoms with van der Waals surface area (Å²) in [6.45, 7) is 5.28. The Morgan fingerprint density at radius 1 is 1.31 bits per heavy atom. The Kier molecular flexibility index (Phi) is 5.35. The van der Waals surface area contributed by atoms with E-state index in [2.05, 4.69) is 9.97 Å². The van der Waals surface area contributed by atoms with Crippen molar-refractivity contribution in [2.45, 2.75) is 45.6 Å². The summed E-state index contributed by atoms with van der Waals surface area (Å²) in [5, 5.41) is 0. The van der Waals surface area contributed by atoms with Crippen molar-refractivity contribution in [3.05, 3.63) is 62.2 Å². The third kappa shape index (κ3) is 4.09. The summed E-state index contributed by atoms with van der Waals surface area (Å²) < 4.78 is 1.63. The van der Waals surface area contributed by atoms with Crippen LogP contribution in [-0.2, 0) is 11.3 Å². The molecule has 0 aliphatic carbocycles. The molecule has 1 saturated heterocycles. The number of hydrogen-bond acceptors (Lipinski definition) is 4. The van der Waals surface area contributed by atoms with E-state index in [-0.39, 0.29) is 22.9 Å². The van der Waals surface area contributed by atoms with Crippen molar-refractivity contribution >= 4 is 5.91 Å². The number of hydrogen-bond donors (Lipinski definition) is 1. The van der Waals surface area contributed by atoms with Crippen molar-refractivity contribution in [2.75, 3.05) is 13.1 Å². The number of aromatic nitrogens is 3. The summed E-state index contributed by atoms with van der Waals surface area (Å²) in [4.78, 5) is 45.1. The van der Waals surface area contributed by atoms with Crippen LogP contribution in [0.25, 0.3) is 0 Å². The van der Waals surface area contributed by atoms with Gasteiger partial charge in [0.25, 0.3) is 11.1 Å². The maximum atomic E-state index is 12.6. The van der Waals surface area contributed by atoms with Crippen LogP contribution in [0.3, 0.4) is 0 Å². The van der Waals surface area contributed by atoms with E-state index >= 15 is 0 Å². The molecule has 1 fully saturated rings. The van der Waals surface area contributed by atoms with Crippen LogP contribution in [0.4, 0.5) is 0 Å². The van der Waals surface area contributed by atoms with E-state index in [1.165, 1.54) is 12.1 Å². The molecule has 0 radical (unpaired) electrons. The average Bonchev–Trinajstić information content (AvgIpc) is 2.60. The standard InChI is InChI=1S/C19H24N4O3/c1-13-5-3-7-19(26)23(13)10-8-18(25)22-9-4-6-15(12-22)16-11-17(24)21-14(2)20-16/h3,5,7,11,15H,4,6,8-10,12H2,1-2H3,(H,20,21,24)/t15-/m0/s1. The minimum Gasteiger partial charge on any atom is -0.342 e. The molecule has 138 valence electrons. The molecule has 1 atom stereocenters. The van der Waals surface area contributed by atoms with Gasteiger partial charge >= 0.3 is 0 Å². The average molecular weight is 356 g/mol. The Morgan fingerprint density at radius 3 is 2.85 bits per heavy atom. The molecule has 0 bridgehead atoms. The molecule has 1 aliphatic heterocycles. The predicted molar refractivity (Wildman–Crippen MR) is 98.2 cm³/mol. The lowest BCUT2D eigenvalue weighted by Crippen LogP contribution is -2.40. The van der Waals surface area contributed by atoms with Crippen LogP contribution < -0.4 is 11.1 Å². The zero-order chi connectivity index (χ0) is 18.7. The van der Waals surface area contributed by atoms with Gasteiger partial charge in [0.05, 0.1) is 5.69 Å². The van der Waals surface area contributed by atoms with Gasteiger partial charge in [-0.25, -0.2) is 4.98 Å². The first-order valence-corrected chi connectivity index (χ1v) is 8.96. The maximum Gasteiger partial charge on any atom is 0.251 e. The van der Waals surface area contributed by atoms with Crippen LogP contribution in [0.15, 0.2) is 33.9 Å². The van der Waals surface area contributed by atoms with Crippen LogP contribution >= 0.6 is 0 Å². The van der Waals surface area contributed by atoms with E-state index in [0.717, 1.165) is 24.2 Å². The lowest BCUT2D eigenvalue weighted by atomic mass is 9.94. The molecule has 3 heterocycles. The molecule has 0 spiro atoms. The van der Waals surface area contributed by atoms with Gasteiger partial charge in [-0.15, -0.1) is 0 Å². The number of aromatic amines is 1. The third-order valence-corrected chi connectivity index (χ3v) is 4.89. The molecular weight excluding hydrogens is 332 g/mol. The second-order valence-corrected chi connectivity index (χ2v) is 6.84. The number of aryl methyl sites for hydroxylation is 2. The maximum absolute atomic E-state index is 12.6. The van der Waals surface area contributed by atoms with Crippen LogP contribution in [0.5, 0.6) is 0 Å². The van der Waals surface area contributed by atoms with Gasteiger partial charge in [-0.05, 0) is 32.8 Å². The molecule has 2 aromatic heterocycles. The van der Waals surface area contributed by atoms with Crippen molar-refractivity contribution in [3.63, 3.8) is 0 Å². The fourth-order valence-corrected chi connectivity index (χ4v) is 3.53. The Balaban J connectivity index is 1.66. The number of amides is 1. The SMILES string of the molecule is Cc1nc([C@H]2CCCN(C(=O)CCn3c(C)cccc3=O)C2)cc(=O)[nH]1. The van der Waals surface area contributed by atoms with Crippen molar-refractivity contribution in [1.82, 2.24) is 19.4 Å². The number of carbonyl (C=O) groups is 1. The number of nitrogens with zero attached hydrogens (tertiary/aromatic N) is 3. The summed E-state index contributed by atoms with van der Waals surface area (Å²) in [5.41, 5.74) is 1.36. The number of likely N-dealkylation sites (tertiary alicyclic amines) is 1. The number of nitrogens with one attached hydrogen (secondary N) is 1. The fourth-order valence-electron chi connectivity index (χ4n) is 3.53. The third-order valence-electron chi connectivity index (χ3n) is 4.89. The van der Waals surface area contributed by atoms with Crippen LogP contribution in [0.1, 0.15) is 42.4 Å². The first kappa shape index (κ1) is 18.1. The van der Waals surface area contributed by atoms with E-state index in [0.29, 0.717) is 31.9 Å². The summed E-state index contributed by atoms with van der Waals surface area (Å²) in [5.74, 6) is 0.705. The monoisotopic (exact) mass is 356 g/mol. The van der Waals surface area contributed by atoms with Gasteiger partial charge in [0.2, 0.25) is 5.91 Å². The molecule has 0 unspecified atom stereocenters. The highest BCUT2D eigenvalue weighted by Crippen LogP contribution is 2.25. The van der Waals surface area contributed by atoms with Gasteiger partial charge in [-0.1, -0.05) is 6.07 Å². The zero-order valence-corrected chi connectivity index (χ0v) is 15.2. The molecule has 1 aliphatic rings.